The Bertz CT molecular complexity index is 1290. The average molecular weight is 478 g/mol. The van der Waals surface area contributed by atoms with Gasteiger partial charge in [-0.2, -0.15) is 4.98 Å². The van der Waals surface area contributed by atoms with E-state index < -0.39 is 6.10 Å². The molecule has 2 aromatic heterocycles. The zero-order valence-electron chi connectivity index (χ0n) is 18.4. The third-order valence-electron chi connectivity index (χ3n) is 6.53. The number of rotatable bonds is 6. The molecule has 34 heavy (non-hydrogen) atoms. The van der Waals surface area contributed by atoms with Gasteiger partial charge in [-0.1, -0.05) is 66.2 Å². The summed E-state index contributed by atoms with van der Waals surface area (Å²) in [6, 6.07) is 20.6. The molecule has 2 aromatic carbocycles. The number of imidazole rings is 1. The Morgan fingerprint density at radius 2 is 1.68 bits per heavy atom. The maximum Gasteiger partial charge on any atom is 0.296 e. The molecule has 0 spiro atoms. The fourth-order valence-corrected chi connectivity index (χ4v) is 4.99. The molecule has 174 valence electrons. The summed E-state index contributed by atoms with van der Waals surface area (Å²) in [6.45, 7) is 1.36. The van der Waals surface area contributed by atoms with E-state index in [9.17, 15) is 5.11 Å². The van der Waals surface area contributed by atoms with E-state index in [-0.39, 0.29) is 18.1 Å². The second-order valence-corrected chi connectivity index (χ2v) is 9.14. The van der Waals surface area contributed by atoms with Crippen LogP contribution in [0.5, 0.6) is 6.01 Å². The molecule has 2 fully saturated rings. The molecule has 0 saturated carbocycles. The number of aliphatic hydroxyl groups excluding tert-OH is 1. The van der Waals surface area contributed by atoms with Gasteiger partial charge >= 0.3 is 0 Å². The van der Waals surface area contributed by atoms with E-state index in [0.717, 1.165) is 28.6 Å². The van der Waals surface area contributed by atoms with E-state index in [4.69, 9.17) is 25.8 Å². The number of benzene rings is 2. The van der Waals surface area contributed by atoms with Gasteiger partial charge in [0, 0.05) is 11.5 Å². The molecule has 0 radical (unpaired) electrons. The lowest BCUT2D eigenvalue weighted by atomic mass is 9.98. The molecular formula is C26H24ClN3O4. The van der Waals surface area contributed by atoms with E-state index in [1.54, 1.807) is 0 Å². The standard InChI is InChI=1S/C26H24ClN3O4/c27-19-12-20-25(29-22(19)17-8-6-16(7-9-17)15-4-2-1-3-5-15)30-26(28-20)32-11-10-18-13-33-24-21(31)14-34-23(18)24/h1-9,12,18,21,23-24,31H,10-11,13-14H2,(H,28,29,30). The van der Waals surface area contributed by atoms with Crippen LogP contribution in [-0.2, 0) is 9.47 Å². The highest BCUT2D eigenvalue weighted by molar-refractivity contribution is 6.33. The summed E-state index contributed by atoms with van der Waals surface area (Å²) in [4.78, 5) is 12.3. The second kappa shape index (κ2) is 9.00. The molecule has 4 atom stereocenters. The van der Waals surface area contributed by atoms with Crippen molar-refractivity contribution >= 4 is 22.8 Å². The first-order valence-corrected chi connectivity index (χ1v) is 11.8. The Labute approximate surface area is 201 Å². The number of aromatic nitrogens is 3. The minimum atomic E-state index is -0.536. The van der Waals surface area contributed by atoms with Crippen LogP contribution in [0.25, 0.3) is 33.5 Å². The van der Waals surface area contributed by atoms with Gasteiger partial charge in [0.15, 0.2) is 5.65 Å². The highest BCUT2D eigenvalue weighted by atomic mass is 35.5. The SMILES string of the molecule is OC1COC2C(CCOc3nc4nc(-c5ccc(-c6ccccc6)cc5)c(Cl)cc4[nH]3)COC12. The lowest BCUT2D eigenvalue weighted by Crippen LogP contribution is -2.29. The number of aliphatic hydroxyl groups is 1. The van der Waals surface area contributed by atoms with Crippen molar-refractivity contribution in [3.63, 3.8) is 0 Å². The number of nitrogens with zero attached hydrogens (tertiary/aromatic N) is 2. The molecule has 7 nitrogen and oxygen atoms in total. The number of hydrogen-bond donors (Lipinski definition) is 2. The van der Waals surface area contributed by atoms with Gasteiger partial charge in [0.05, 0.1) is 42.2 Å². The van der Waals surface area contributed by atoms with Crippen LogP contribution in [0.4, 0.5) is 0 Å². The van der Waals surface area contributed by atoms with Gasteiger partial charge in [0.2, 0.25) is 0 Å². The summed E-state index contributed by atoms with van der Waals surface area (Å²) >= 11 is 6.56. The first kappa shape index (κ1) is 21.6. The fraction of sp³-hybridized carbons (Fsp3) is 0.308. The number of ether oxygens (including phenoxy) is 3. The van der Waals surface area contributed by atoms with Crippen LogP contribution in [0.3, 0.4) is 0 Å². The number of aromatic amines is 1. The molecule has 4 heterocycles. The van der Waals surface area contributed by atoms with Crippen molar-refractivity contribution in [2.75, 3.05) is 19.8 Å². The molecule has 0 amide bonds. The fourth-order valence-electron chi connectivity index (χ4n) is 4.73. The largest absolute Gasteiger partial charge is 0.465 e. The van der Waals surface area contributed by atoms with Crippen molar-refractivity contribution < 1.29 is 19.3 Å². The number of nitrogens with one attached hydrogen (secondary N) is 1. The van der Waals surface area contributed by atoms with Gasteiger partial charge in [0.25, 0.3) is 6.01 Å². The van der Waals surface area contributed by atoms with E-state index in [2.05, 4.69) is 39.2 Å². The normalized spacial score (nSPS) is 23.9. The van der Waals surface area contributed by atoms with Crippen LogP contribution in [-0.4, -0.2) is 58.2 Å². The Hall–Kier alpha value is -2.97. The van der Waals surface area contributed by atoms with E-state index >= 15 is 0 Å². The molecule has 4 unspecified atom stereocenters. The molecule has 2 saturated heterocycles. The summed E-state index contributed by atoms with van der Waals surface area (Å²) in [6.07, 6.45) is -0.0721. The van der Waals surface area contributed by atoms with Gasteiger partial charge < -0.3 is 24.3 Å². The number of hydrogen-bond acceptors (Lipinski definition) is 6. The van der Waals surface area contributed by atoms with E-state index in [1.807, 2.05) is 36.4 Å². The van der Waals surface area contributed by atoms with E-state index in [0.29, 0.717) is 42.2 Å². The predicted molar refractivity (Wildman–Crippen MR) is 129 cm³/mol. The Morgan fingerprint density at radius 3 is 2.50 bits per heavy atom. The smallest absolute Gasteiger partial charge is 0.296 e. The van der Waals surface area contributed by atoms with Crippen LogP contribution in [0, 0.1) is 5.92 Å². The molecule has 2 aliphatic rings. The number of H-pyrrole nitrogens is 1. The van der Waals surface area contributed by atoms with Crippen LogP contribution < -0.4 is 4.74 Å². The van der Waals surface area contributed by atoms with Crippen molar-refractivity contribution in [1.82, 2.24) is 15.0 Å². The maximum absolute atomic E-state index is 9.88. The number of fused-ring (bicyclic) bond motifs is 2. The molecular weight excluding hydrogens is 454 g/mol. The van der Waals surface area contributed by atoms with Crippen molar-refractivity contribution in [2.45, 2.75) is 24.7 Å². The molecule has 4 aromatic rings. The van der Waals surface area contributed by atoms with Gasteiger partial charge in [0.1, 0.15) is 12.2 Å². The van der Waals surface area contributed by atoms with Crippen LogP contribution >= 0.6 is 11.6 Å². The molecule has 0 aliphatic carbocycles. The summed E-state index contributed by atoms with van der Waals surface area (Å²) in [5, 5.41) is 10.4. The third kappa shape index (κ3) is 4.05. The van der Waals surface area contributed by atoms with Crippen molar-refractivity contribution in [1.29, 1.82) is 0 Å². The van der Waals surface area contributed by atoms with E-state index in [1.165, 1.54) is 0 Å². The zero-order valence-corrected chi connectivity index (χ0v) is 19.1. The molecule has 0 bridgehead atoms. The minimum Gasteiger partial charge on any atom is -0.465 e. The lowest BCUT2D eigenvalue weighted by Gasteiger charge is -2.15. The van der Waals surface area contributed by atoms with Gasteiger partial charge in [-0.3, -0.25) is 0 Å². The summed E-state index contributed by atoms with van der Waals surface area (Å²) in [5.41, 5.74) is 5.16. The third-order valence-corrected chi connectivity index (χ3v) is 6.82. The Balaban J connectivity index is 1.15. The lowest BCUT2D eigenvalue weighted by molar-refractivity contribution is 0.0163. The number of halogens is 1. The van der Waals surface area contributed by atoms with Crippen molar-refractivity contribution in [3.05, 3.63) is 65.7 Å². The maximum atomic E-state index is 9.88. The zero-order chi connectivity index (χ0) is 23.1. The van der Waals surface area contributed by atoms with Gasteiger partial charge in [-0.15, -0.1) is 0 Å². The van der Waals surface area contributed by atoms with Gasteiger partial charge in [-0.05, 0) is 23.6 Å². The molecule has 2 N–H and O–H groups in total. The first-order chi connectivity index (χ1) is 16.7. The van der Waals surface area contributed by atoms with Crippen LogP contribution in [0.15, 0.2) is 60.7 Å². The highest BCUT2D eigenvalue weighted by Crippen LogP contribution is 2.34. The topological polar surface area (TPSA) is 89.5 Å². The average Bonchev–Trinajstić information content (AvgIpc) is 3.56. The van der Waals surface area contributed by atoms with Crippen molar-refractivity contribution in [2.24, 2.45) is 5.92 Å². The summed E-state index contributed by atoms with van der Waals surface area (Å²) < 4.78 is 17.2. The number of pyridine rings is 1. The van der Waals surface area contributed by atoms with Crippen molar-refractivity contribution in [3.8, 4) is 28.4 Å². The summed E-state index contributed by atoms with van der Waals surface area (Å²) in [7, 11) is 0. The minimum absolute atomic E-state index is 0.0643. The quantitative estimate of drug-likeness (QED) is 0.425. The Morgan fingerprint density at radius 1 is 0.941 bits per heavy atom. The predicted octanol–water partition coefficient (Wildman–Crippen LogP) is 4.49. The summed E-state index contributed by atoms with van der Waals surface area (Å²) in [5.74, 6) is 0.199. The van der Waals surface area contributed by atoms with Crippen LogP contribution in [0.1, 0.15) is 6.42 Å². The molecule has 8 heteroatoms. The van der Waals surface area contributed by atoms with Crippen LogP contribution in [0.2, 0.25) is 5.02 Å². The monoisotopic (exact) mass is 477 g/mol. The molecule has 2 aliphatic heterocycles. The first-order valence-electron chi connectivity index (χ1n) is 11.4. The highest BCUT2D eigenvalue weighted by Gasteiger charge is 2.46. The molecule has 6 rings (SSSR count). The Kier molecular flexibility index (Phi) is 5.71. The van der Waals surface area contributed by atoms with Gasteiger partial charge in [-0.25, -0.2) is 4.98 Å². The second-order valence-electron chi connectivity index (χ2n) is 8.74.